The van der Waals surface area contributed by atoms with E-state index in [2.05, 4.69) is 33.3 Å². The van der Waals surface area contributed by atoms with Crippen LogP contribution in [0.5, 0.6) is 0 Å². The summed E-state index contributed by atoms with van der Waals surface area (Å²) in [5, 5.41) is 7.79. The Bertz CT molecular complexity index is 543. The number of nitrogens with zero attached hydrogens (tertiary/aromatic N) is 4. The molecule has 0 aliphatic carbocycles. The third kappa shape index (κ3) is 1.84. The van der Waals surface area contributed by atoms with E-state index >= 15 is 0 Å². The fraction of sp³-hybridized carbons (Fsp3) is 0.538. The number of rotatable bonds is 4. The van der Waals surface area contributed by atoms with Crippen LogP contribution in [0.4, 0.5) is 5.82 Å². The van der Waals surface area contributed by atoms with Crippen LogP contribution in [-0.2, 0) is 0 Å². The van der Waals surface area contributed by atoms with E-state index in [9.17, 15) is 0 Å². The molecule has 1 N–H and O–H groups in total. The van der Waals surface area contributed by atoms with E-state index in [1.54, 1.807) is 0 Å². The first-order valence-corrected chi connectivity index (χ1v) is 6.58. The van der Waals surface area contributed by atoms with Crippen molar-refractivity contribution in [2.24, 2.45) is 0 Å². The van der Waals surface area contributed by atoms with Gasteiger partial charge in [0.1, 0.15) is 5.52 Å². The molecule has 0 spiro atoms. The highest BCUT2D eigenvalue weighted by Gasteiger charge is 2.26. The standard InChI is InChI=1S/C13H19N5/c1-3-5-17(11-8-14-9-11)13-12-7-10(2)16-18(12)6-4-15-13/h4,6-7,11,14H,3,5,8-9H2,1-2H3. The molecule has 18 heavy (non-hydrogen) atoms. The summed E-state index contributed by atoms with van der Waals surface area (Å²) in [5.74, 6) is 1.06. The maximum atomic E-state index is 4.58. The van der Waals surface area contributed by atoms with E-state index in [4.69, 9.17) is 0 Å². The minimum Gasteiger partial charge on any atom is -0.349 e. The van der Waals surface area contributed by atoms with Crippen molar-refractivity contribution < 1.29 is 0 Å². The summed E-state index contributed by atoms with van der Waals surface area (Å²) in [6, 6.07) is 2.68. The number of fused-ring (bicyclic) bond motifs is 1. The number of hydrogen-bond acceptors (Lipinski definition) is 4. The molecule has 3 rings (SSSR count). The molecule has 0 amide bonds. The van der Waals surface area contributed by atoms with Crippen molar-refractivity contribution in [2.75, 3.05) is 24.5 Å². The summed E-state index contributed by atoms with van der Waals surface area (Å²) in [6.45, 7) is 7.38. The average molecular weight is 245 g/mol. The molecule has 1 saturated heterocycles. The molecule has 0 bridgehead atoms. The summed E-state index contributed by atoms with van der Waals surface area (Å²) in [7, 11) is 0. The van der Waals surface area contributed by atoms with Gasteiger partial charge in [-0.15, -0.1) is 0 Å². The van der Waals surface area contributed by atoms with E-state index in [0.29, 0.717) is 6.04 Å². The first-order chi connectivity index (χ1) is 8.79. The molecule has 0 radical (unpaired) electrons. The minimum atomic E-state index is 0.568. The second-order valence-electron chi connectivity index (χ2n) is 4.87. The number of aromatic nitrogens is 3. The molecule has 0 saturated carbocycles. The van der Waals surface area contributed by atoms with Crippen molar-refractivity contribution in [3.8, 4) is 0 Å². The normalized spacial score (nSPS) is 15.9. The number of hydrogen-bond donors (Lipinski definition) is 1. The topological polar surface area (TPSA) is 45.5 Å². The zero-order valence-corrected chi connectivity index (χ0v) is 10.9. The fourth-order valence-corrected chi connectivity index (χ4v) is 2.45. The lowest BCUT2D eigenvalue weighted by molar-refractivity contribution is 0.411. The maximum Gasteiger partial charge on any atom is 0.155 e. The molecule has 0 unspecified atom stereocenters. The van der Waals surface area contributed by atoms with Gasteiger partial charge in [-0.3, -0.25) is 0 Å². The Hall–Kier alpha value is -1.62. The maximum absolute atomic E-state index is 4.58. The van der Waals surface area contributed by atoms with Crippen LogP contribution >= 0.6 is 0 Å². The molecular formula is C13H19N5. The molecule has 0 aromatic carbocycles. The third-order valence-corrected chi connectivity index (χ3v) is 3.43. The summed E-state index contributed by atoms with van der Waals surface area (Å²) in [6.07, 6.45) is 4.88. The number of anilines is 1. The van der Waals surface area contributed by atoms with Crippen LogP contribution in [0.15, 0.2) is 18.5 Å². The van der Waals surface area contributed by atoms with Gasteiger partial charge in [-0.1, -0.05) is 6.92 Å². The van der Waals surface area contributed by atoms with Crippen LogP contribution in [-0.4, -0.2) is 40.3 Å². The van der Waals surface area contributed by atoms with Gasteiger partial charge in [0.15, 0.2) is 5.82 Å². The molecule has 5 heteroatoms. The summed E-state index contributed by atoms with van der Waals surface area (Å²) >= 11 is 0. The highest BCUT2D eigenvalue weighted by molar-refractivity contribution is 5.69. The molecule has 1 fully saturated rings. The first-order valence-electron chi connectivity index (χ1n) is 6.58. The van der Waals surface area contributed by atoms with Gasteiger partial charge in [0.2, 0.25) is 0 Å². The predicted molar refractivity (Wildman–Crippen MR) is 72.0 cm³/mol. The van der Waals surface area contributed by atoms with Crippen LogP contribution in [0.25, 0.3) is 5.52 Å². The highest BCUT2D eigenvalue weighted by Crippen LogP contribution is 2.23. The summed E-state index contributed by atoms with van der Waals surface area (Å²) in [5.41, 5.74) is 2.14. The number of aryl methyl sites for hydroxylation is 1. The van der Waals surface area contributed by atoms with Gasteiger partial charge in [-0.2, -0.15) is 5.10 Å². The molecule has 1 aliphatic heterocycles. The average Bonchev–Trinajstić information content (AvgIpc) is 2.66. The zero-order chi connectivity index (χ0) is 12.5. The van der Waals surface area contributed by atoms with Gasteiger partial charge < -0.3 is 10.2 Å². The lowest BCUT2D eigenvalue weighted by Crippen LogP contribution is -2.57. The fourth-order valence-electron chi connectivity index (χ4n) is 2.45. The van der Waals surface area contributed by atoms with Gasteiger partial charge in [-0.05, 0) is 19.4 Å². The van der Waals surface area contributed by atoms with Gasteiger partial charge in [0.05, 0.1) is 11.7 Å². The van der Waals surface area contributed by atoms with Gasteiger partial charge in [0.25, 0.3) is 0 Å². The van der Waals surface area contributed by atoms with Gasteiger partial charge in [-0.25, -0.2) is 9.50 Å². The van der Waals surface area contributed by atoms with E-state index < -0.39 is 0 Å². The van der Waals surface area contributed by atoms with Crippen LogP contribution < -0.4 is 10.2 Å². The highest BCUT2D eigenvalue weighted by atomic mass is 15.3. The molecule has 96 valence electrons. The van der Waals surface area contributed by atoms with Gasteiger partial charge >= 0.3 is 0 Å². The Balaban J connectivity index is 2.04. The monoisotopic (exact) mass is 245 g/mol. The lowest BCUT2D eigenvalue weighted by atomic mass is 10.1. The van der Waals surface area contributed by atoms with Crippen LogP contribution in [0.3, 0.4) is 0 Å². The van der Waals surface area contributed by atoms with Crippen molar-refractivity contribution in [2.45, 2.75) is 26.3 Å². The van der Waals surface area contributed by atoms with Crippen molar-refractivity contribution in [3.63, 3.8) is 0 Å². The Morgan fingerprint density at radius 3 is 3.00 bits per heavy atom. The molecule has 2 aromatic rings. The second kappa shape index (κ2) is 4.57. The largest absolute Gasteiger partial charge is 0.349 e. The van der Waals surface area contributed by atoms with Crippen molar-refractivity contribution in [3.05, 3.63) is 24.2 Å². The quantitative estimate of drug-likeness (QED) is 0.880. The van der Waals surface area contributed by atoms with Crippen molar-refractivity contribution in [1.29, 1.82) is 0 Å². The predicted octanol–water partition coefficient (Wildman–Crippen LogP) is 1.23. The Morgan fingerprint density at radius 2 is 2.33 bits per heavy atom. The Labute approximate surface area is 107 Å². The van der Waals surface area contributed by atoms with Gasteiger partial charge in [0, 0.05) is 32.0 Å². The third-order valence-electron chi connectivity index (χ3n) is 3.43. The molecule has 3 heterocycles. The SMILES string of the molecule is CCCN(c1nccn2nc(C)cc12)C1CNC1. The number of nitrogens with one attached hydrogen (secondary N) is 1. The molecule has 0 atom stereocenters. The Morgan fingerprint density at radius 1 is 1.50 bits per heavy atom. The molecule has 2 aromatic heterocycles. The summed E-state index contributed by atoms with van der Waals surface area (Å²) < 4.78 is 1.92. The zero-order valence-electron chi connectivity index (χ0n) is 10.9. The van der Waals surface area contributed by atoms with E-state index in [-0.39, 0.29) is 0 Å². The van der Waals surface area contributed by atoms with Crippen molar-refractivity contribution in [1.82, 2.24) is 19.9 Å². The molecule has 1 aliphatic rings. The van der Waals surface area contributed by atoms with Crippen molar-refractivity contribution >= 4 is 11.3 Å². The van der Waals surface area contributed by atoms with Crippen LogP contribution in [0, 0.1) is 6.92 Å². The van der Waals surface area contributed by atoms with E-state index in [1.807, 2.05) is 23.8 Å². The van der Waals surface area contributed by atoms with E-state index in [0.717, 1.165) is 43.1 Å². The van der Waals surface area contributed by atoms with E-state index in [1.165, 1.54) is 0 Å². The Kier molecular flexibility index (Phi) is 2.91. The first kappa shape index (κ1) is 11.5. The lowest BCUT2D eigenvalue weighted by Gasteiger charge is -2.39. The van der Waals surface area contributed by atoms with Crippen LogP contribution in [0.1, 0.15) is 19.0 Å². The smallest absolute Gasteiger partial charge is 0.155 e. The second-order valence-corrected chi connectivity index (χ2v) is 4.87. The molecule has 5 nitrogen and oxygen atoms in total. The molecular weight excluding hydrogens is 226 g/mol. The minimum absolute atomic E-state index is 0.568. The van der Waals surface area contributed by atoms with Crippen LogP contribution in [0.2, 0.25) is 0 Å². The summed E-state index contributed by atoms with van der Waals surface area (Å²) in [4.78, 5) is 6.99.